The van der Waals surface area contributed by atoms with Crippen LogP contribution < -0.4 is 21.0 Å². The van der Waals surface area contributed by atoms with E-state index < -0.39 is 5.63 Å². The van der Waals surface area contributed by atoms with Gasteiger partial charge in [-0.2, -0.15) is 0 Å². The van der Waals surface area contributed by atoms with Crippen LogP contribution in [-0.2, 0) is 0 Å². The molecule has 0 aliphatic heterocycles. The van der Waals surface area contributed by atoms with E-state index in [-0.39, 0.29) is 11.0 Å². The van der Waals surface area contributed by atoms with Crippen LogP contribution in [-0.4, -0.2) is 17.6 Å². The van der Waals surface area contributed by atoms with Crippen LogP contribution in [0.2, 0.25) is 5.02 Å². The smallest absolute Gasteiger partial charge is 0.344 e. The molecule has 0 fully saturated rings. The summed E-state index contributed by atoms with van der Waals surface area (Å²) in [6.07, 6.45) is 2.03. The number of unbranched alkanes of at least 4 members (excludes halogenated alkanes) is 1. The predicted octanol–water partition coefficient (Wildman–Crippen LogP) is 6.42. The first-order chi connectivity index (χ1) is 16.9. The van der Waals surface area contributed by atoms with E-state index >= 15 is 0 Å². The first kappa shape index (κ1) is 24.4. The van der Waals surface area contributed by atoms with E-state index in [1.54, 1.807) is 60.7 Å². The molecule has 0 bridgehead atoms. The van der Waals surface area contributed by atoms with Gasteiger partial charge in [-0.3, -0.25) is 10.1 Å². The summed E-state index contributed by atoms with van der Waals surface area (Å²) in [7, 11) is 0. The number of anilines is 1. The zero-order valence-corrected chi connectivity index (χ0v) is 20.5. The molecule has 0 saturated heterocycles. The van der Waals surface area contributed by atoms with Gasteiger partial charge in [0.2, 0.25) is 0 Å². The van der Waals surface area contributed by atoms with Gasteiger partial charge in [-0.25, -0.2) is 4.79 Å². The third-order valence-electron chi connectivity index (χ3n) is 5.27. The Labute approximate surface area is 212 Å². The fourth-order valence-electron chi connectivity index (χ4n) is 3.44. The average molecular weight is 507 g/mol. The number of ether oxygens (including phenoxy) is 1. The van der Waals surface area contributed by atoms with Crippen molar-refractivity contribution in [1.82, 2.24) is 5.32 Å². The predicted molar refractivity (Wildman–Crippen MR) is 143 cm³/mol. The van der Waals surface area contributed by atoms with Crippen molar-refractivity contribution < 1.29 is 13.9 Å². The molecule has 0 spiro atoms. The van der Waals surface area contributed by atoms with Crippen LogP contribution in [0.25, 0.3) is 22.1 Å². The summed E-state index contributed by atoms with van der Waals surface area (Å²) in [5.74, 6) is 0.366. The molecule has 35 heavy (non-hydrogen) atoms. The lowest BCUT2D eigenvalue weighted by Gasteiger charge is -2.12. The maximum atomic E-state index is 12.5. The number of rotatable bonds is 7. The van der Waals surface area contributed by atoms with Crippen LogP contribution in [0.4, 0.5) is 5.69 Å². The van der Waals surface area contributed by atoms with Gasteiger partial charge in [0.05, 0.1) is 17.2 Å². The number of carbonyl (C=O) groups excluding carboxylic acids is 1. The molecule has 2 N–H and O–H groups in total. The summed E-state index contributed by atoms with van der Waals surface area (Å²) in [6, 6.07) is 20.9. The van der Waals surface area contributed by atoms with E-state index in [1.807, 2.05) is 12.1 Å². The second-order valence-corrected chi connectivity index (χ2v) is 8.63. The fraction of sp³-hybridized carbons (Fsp3) is 0.148. The van der Waals surface area contributed by atoms with E-state index in [1.165, 1.54) is 0 Å². The van der Waals surface area contributed by atoms with E-state index in [0.29, 0.717) is 45.3 Å². The number of thiocarbonyl (C=S) groups is 1. The van der Waals surface area contributed by atoms with Crippen molar-refractivity contribution in [2.24, 2.45) is 0 Å². The minimum absolute atomic E-state index is 0.118. The Bertz CT molecular complexity index is 1430. The Morgan fingerprint density at radius 2 is 1.80 bits per heavy atom. The number of fused-ring (bicyclic) bond motifs is 1. The molecule has 0 unspecified atom stereocenters. The Morgan fingerprint density at radius 1 is 1.03 bits per heavy atom. The summed E-state index contributed by atoms with van der Waals surface area (Å²) < 4.78 is 11.0. The Morgan fingerprint density at radius 3 is 2.54 bits per heavy atom. The SMILES string of the molecule is CCCCOc1ccc(C(=O)NC(=S)Nc2ccc(-c3cc4ccccc4oc3=O)c(Cl)c2)cc1. The number of nitrogens with one attached hydrogen (secondary N) is 2. The Hall–Kier alpha value is -3.68. The number of carbonyl (C=O) groups is 1. The fourth-order valence-corrected chi connectivity index (χ4v) is 3.93. The molecular weight excluding hydrogens is 484 g/mol. The van der Waals surface area contributed by atoms with Gasteiger partial charge in [-0.1, -0.05) is 49.2 Å². The van der Waals surface area contributed by atoms with E-state index in [0.717, 1.165) is 18.2 Å². The Kier molecular flexibility index (Phi) is 7.80. The summed E-state index contributed by atoms with van der Waals surface area (Å²) in [6.45, 7) is 2.74. The molecule has 178 valence electrons. The zero-order valence-electron chi connectivity index (χ0n) is 19.0. The van der Waals surface area contributed by atoms with Gasteiger partial charge in [0.25, 0.3) is 5.91 Å². The second-order valence-electron chi connectivity index (χ2n) is 7.81. The van der Waals surface area contributed by atoms with Crippen molar-refractivity contribution in [2.75, 3.05) is 11.9 Å². The van der Waals surface area contributed by atoms with Crippen molar-refractivity contribution >= 4 is 51.5 Å². The molecule has 1 heterocycles. The molecule has 4 aromatic rings. The topological polar surface area (TPSA) is 80.6 Å². The van der Waals surface area contributed by atoms with Gasteiger partial charge in [-0.05, 0) is 67.2 Å². The minimum Gasteiger partial charge on any atom is -0.494 e. The van der Waals surface area contributed by atoms with Gasteiger partial charge in [0.1, 0.15) is 11.3 Å². The van der Waals surface area contributed by atoms with Crippen molar-refractivity contribution in [1.29, 1.82) is 0 Å². The number of hydrogen-bond donors (Lipinski definition) is 2. The van der Waals surface area contributed by atoms with Gasteiger partial charge in [0, 0.05) is 22.2 Å². The molecular formula is C27H23ClN2O4S. The lowest BCUT2D eigenvalue weighted by Crippen LogP contribution is -2.34. The molecule has 6 nitrogen and oxygen atoms in total. The molecule has 4 rings (SSSR count). The van der Waals surface area contributed by atoms with Crippen LogP contribution >= 0.6 is 23.8 Å². The molecule has 3 aromatic carbocycles. The molecule has 0 atom stereocenters. The maximum Gasteiger partial charge on any atom is 0.344 e. The minimum atomic E-state index is -0.476. The monoisotopic (exact) mass is 506 g/mol. The van der Waals surface area contributed by atoms with Crippen LogP contribution in [0, 0.1) is 0 Å². The summed E-state index contributed by atoms with van der Waals surface area (Å²) in [5.41, 5.74) is 1.94. The van der Waals surface area contributed by atoms with Gasteiger partial charge < -0.3 is 14.5 Å². The second kappa shape index (κ2) is 11.2. The van der Waals surface area contributed by atoms with Crippen LogP contribution in [0.1, 0.15) is 30.1 Å². The van der Waals surface area contributed by atoms with E-state index in [9.17, 15) is 9.59 Å². The van der Waals surface area contributed by atoms with Crippen molar-refractivity contribution in [3.63, 3.8) is 0 Å². The van der Waals surface area contributed by atoms with Crippen molar-refractivity contribution in [3.05, 3.63) is 93.8 Å². The Balaban J connectivity index is 1.41. The van der Waals surface area contributed by atoms with Crippen LogP contribution in [0.5, 0.6) is 5.75 Å². The third kappa shape index (κ3) is 6.07. The van der Waals surface area contributed by atoms with Crippen molar-refractivity contribution in [3.8, 4) is 16.9 Å². The number of hydrogen-bond acceptors (Lipinski definition) is 5. The molecule has 1 amide bonds. The number of amides is 1. The number of benzene rings is 3. The summed E-state index contributed by atoms with van der Waals surface area (Å²) >= 11 is 11.7. The van der Waals surface area contributed by atoms with Gasteiger partial charge >= 0.3 is 5.63 Å². The van der Waals surface area contributed by atoms with Crippen LogP contribution in [0.3, 0.4) is 0 Å². The first-order valence-corrected chi connectivity index (χ1v) is 11.9. The van der Waals surface area contributed by atoms with Crippen LogP contribution in [0.15, 0.2) is 82.0 Å². The van der Waals surface area contributed by atoms with Gasteiger partial charge in [0.15, 0.2) is 5.11 Å². The molecule has 0 radical (unpaired) electrons. The molecule has 8 heteroatoms. The van der Waals surface area contributed by atoms with E-state index in [2.05, 4.69) is 17.6 Å². The van der Waals surface area contributed by atoms with E-state index in [4.69, 9.17) is 33.0 Å². The molecule has 0 saturated carbocycles. The number of para-hydroxylation sites is 1. The lowest BCUT2D eigenvalue weighted by molar-refractivity contribution is 0.0977. The normalized spacial score (nSPS) is 10.7. The lowest BCUT2D eigenvalue weighted by atomic mass is 10.1. The maximum absolute atomic E-state index is 12.5. The highest BCUT2D eigenvalue weighted by atomic mass is 35.5. The van der Waals surface area contributed by atoms with Crippen molar-refractivity contribution in [2.45, 2.75) is 19.8 Å². The largest absolute Gasteiger partial charge is 0.494 e. The highest BCUT2D eigenvalue weighted by Crippen LogP contribution is 2.30. The zero-order chi connectivity index (χ0) is 24.8. The molecule has 0 aliphatic rings. The number of halogens is 1. The molecule has 0 aliphatic carbocycles. The molecule has 1 aromatic heterocycles. The standard InChI is InChI=1S/C27H23ClN2O4S/c1-2-3-14-33-20-11-8-17(9-12-20)25(31)30-27(35)29-19-10-13-21(23(28)16-19)22-15-18-6-4-5-7-24(18)34-26(22)32/h4-13,15-16H,2-3,14H2,1H3,(H2,29,30,31,35). The van der Waals surface area contributed by atoms with Gasteiger partial charge in [-0.15, -0.1) is 0 Å². The summed E-state index contributed by atoms with van der Waals surface area (Å²) in [5, 5.41) is 6.84. The highest BCUT2D eigenvalue weighted by Gasteiger charge is 2.13. The quantitative estimate of drug-likeness (QED) is 0.171. The highest BCUT2D eigenvalue weighted by molar-refractivity contribution is 7.80. The summed E-state index contributed by atoms with van der Waals surface area (Å²) in [4.78, 5) is 25.0. The first-order valence-electron chi connectivity index (χ1n) is 11.1. The average Bonchev–Trinajstić information content (AvgIpc) is 2.84. The third-order valence-corrected chi connectivity index (χ3v) is 5.79.